The maximum atomic E-state index is 13.8. The summed E-state index contributed by atoms with van der Waals surface area (Å²) >= 11 is 0. The van der Waals surface area contributed by atoms with Crippen LogP contribution < -0.4 is 10.2 Å². The number of carbonyl (C=O) groups is 1. The molecule has 1 saturated heterocycles. The lowest BCUT2D eigenvalue weighted by Crippen LogP contribution is -2.43. The van der Waals surface area contributed by atoms with Crippen molar-refractivity contribution >= 4 is 22.8 Å². The lowest BCUT2D eigenvalue weighted by atomic mass is 9.96. The van der Waals surface area contributed by atoms with Gasteiger partial charge in [0.25, 0.3) is 0 Å². The molecule has 8 heteroatoms. The van der Waals surface area contributed by atoms with E-state index in [2.05, 4.69) is 25.2 Å². The van der Waals surface area contributed by atoms with E-state index >= 15 is 0 Å². The van der Waals surface area contributed by atoms with Gasteiger partial charge in [-0.2, -0.15) is 0 Å². The standard InChI is InChI=1S/C22H23F2N5O/c1-13-14(2)28-21-20(27-13)9-18(11-25-21)29-7-3-4-15(12-29)22(30)26-10-16-8-17(23)5-6-19(16)24/h5-6,8-9,11,15H,3-4,7,10,12H2,1-2H3,(H,26,30). The number of aromatic nitrogens is 3. The molecule has 1 unspecified atom stereocenters. The second-order valence-electron chi connectivity index (χ2n) is 7.67. The van der Waals surface area contributed by atoms with Crippen LogP contribution in [0.4, 0.5) is 14.5 Å². The Morgan fingerprint density at radius 2 is 2.00 bits per heavy atom. The van der Waals surface area contributed by atoms with E-state index in [-0.39, 0.29) is 23.9 Å². The Labute approximate surface area is 173 Å². The highest BCUT2D eigenvalue weighted by molar-refractivity contribution is 5.80. The lowest BCUT2D eigenvalue weighted by Gasteiger charge is -2.33. The van der Waals surface area contributed by atoms with Crippen LogP contribution in [0.1, 0.15) is 29.8 Å². The largest absolute Gasteiger partial charge is 0.369 e. The first-order valence-corrected chi connectivity index (χ1v) is 9.98. The summed E-state index contributed by atoms with van der Waals surface area (Å²) < 4.78 is 27.1. The maximum Gasteiger partial charge on any atom is 0.225 e. The number of carbonyl (C=O) groups excluding carboxylic acids is 1. The van der Waals surface area contributed by atoms with E-state index in [1.54, 1.807) is 6.20 Å². The van der Waals surface area contributed by atoms with Crippen LogP contribution in [0.25, 0.3) is 11.2 Å². The van der Waals surface area contributed by atoms with Crippen molar-refractivity contribution in [2.75, 3.05) is 18.0 Å². The molecular weight excluding hydrogens is 388 g/mol. The molecular formula is C22H23F2N5O. The Morgan fingerprint density at radius 1 is 1.20 bits per heavy atom. The molecule has 1 N–H and O–H groups in total. The quantitative estimate of drug-likeness (QED) is 0.712. The van der Waals surface area contributed by atoms with E-state index in [0.29, 0.717) is 12.2 Å². The first-order chi connectivity index (χ1) is 14.4. The van der Waals surface area contributed by atoms with E-state index in [9.17, 15) is 13.6 Å². The van der Waals surface area contributed by atoms with Gasteiger partial charge in [0.1, 0.15) is 17.2 Å². The van der Waals surface area contributed by atoms with Crippen molar-refractivity contribution in [1.82, 2.24) is 20.3 Å². The van der Waals surface area contributed by atoms with E-state index < -0.39 is 11.6 Å². The number of hydrogen-bond acceptors (Lipinski definition) is 5. The topological polar surface area (TPSA) is 71.0 Å². The zero-order chi connectivity index (χ0) is 21.3. The van der Waals surface area contributed by atoms with Crippen molar-refractivity contribution in [1.29, 1.82) is 0 Å². The number of rotatable bonds is 4. The molecule has 0 radical (unpaired) electrons. The maximum absolute atomic E-state index is 13.8. The number of nitrogens with zero attached hydrogens (tertiary/aromatic N) is 4. The fraction of sp³-hybridized carbons (Fsp3) is 0.364. The van der Waals surface area contributed by atoms with Gasteiger partial charge in [0.05, 0.1) is 29.2 Å². The van der Waals surface area contributed by atoms with Crippen molar-refractivity contribution < 1.29 is 13.6 Å². The van der Waals surface area contributed by atoms with Crippen LogP contribution in [0.3, 0.4) is 0 Å². The van der Waals surface area contributed by atoms with Crippen LogP contribution in [0.5, 0.6) is 0 Å². The predicted molar refractivity (Wildman–Crippen MR) is 110 cm³/mol. The summed E-state index contributed by atoms with van der Waals surface area (Å²) in [5, 5.41) is 2.74. The minimum atomic E-state index is -0.532. The molecule has 0 saturated carbocycles. The van der Waals surface area contributed by atoms with Crippen molar-refractivity contribution in [3.05, 3.63) is 59.0 Å². The summed E-state index contributed by atoms with van der Waals surface area (Å²) in [6.07, 6.45) is 3.35. The zero-order valence-electron chi connectivity index (χ0n) is 17.0. The molecule has 3 aromatic rings. The van der Waals surface area contributed by atoms with Gasteiger partial charge in [0, 0.05) is 25.2 Å². The minimum Gasteiger partial charge on any atom is -0.369 e. The third-order valence-electron chi connectivity index (χ3n) is 5.54. The summed E-state index contributed by atoms with van der Waals surface area (Å²) in [7, 11) is 0. The van der Waals surface area contributed by atoms with Gasteiger partial charge in [-0.3, -0.25) is 4.79 Å². The molecule has 4 rings (SSSR count). The summed E-state index contributed by atoms with van der Waals surface area (Å²) in [5.74, 6) is -1.46. The number of amides is 1. The third kappa shape index (κ3) is 4.22. The number of anilines is 1. The number of benzene rings is 1. The average Bonchev–Trinajstić information content (AvgIpc) is 2.74. The Hall–Kier alpha value is -3.16. The number of pyridine rings is 1. The molecule has 0 spiro atoms. The Balaban J connectivity index is 1.45. The number of fused-ring (bicyclic) bond motifs is 1. The van der Waals surface area contributed by atoms with E-state index in [1.165, 1.54) is 0 Å². The number of halogens is 2. The molecule has 156 valence electrons. The normalized spacial score (nSPS) is 16.7. The van der Waals surface area contributed by atoms with Gasteiger partial charge < -0.3 is 10.2 Å². The fourth-order valence-corrected chi connectivity index (χ4v) is 3.71. The van der Waals surface area contributed by atoms with E-state index in [0.717, 1.165) is 60.2 Å². The molecule has 0 aliphatic carbocycles. The highest BCUT2D eigenvalue weighted by Crippen LogP contribution is 2.25. The highest BCUT2D eigenvalue weighted by atomic mass is 19.1. The zero-order valence-corrected chi connectivity index (χ0v) is 17.0. The second kappa shape index (κ2) is 8.30. The van der Waals surface area contributed by atoms with Crippen LogP contribution in [-0.2, 0) is 11.3 Å². The number of nitrogens with one attached hydrogen (secondary N) is 1. The second-order valence-corrected chi connectivity index (χ2v) is 7.67. The van der Waals surface area contributed by atoms with Crippen LogP contribution in [-0.4, -0.2) is 33.9 Å². The van der Waals surface area contributed by atoms with Gasteiger partial charge in [-0.25, -0.2) is 23.7 Å². The Morgan fingerprint density at radius 3 is 2.83 bits per heavy atom. The number of hydrogen-bond donors (Lipinski definition) is 1. The van der Waals surface area contributed by atoms with Crippen molar-refractivity contribution in [3.63, 3.8) is 0 Å². The molecule has 1 amide bonds. The average molecular weight is 411 g/mol. The molecule has 2 aromatic heterocycles. The molecule has 3 heterocycles. The molecule has 6 nitrogen and oxygen atoms in total. The van der Waals surface area contributed by atoms with E-state index in [1.807, 2.05) is 19.9 Å². The molecule has 1 fully saturated rings. The fourth-order valence-electron chi connectivity index (χ4n) is 3.71. The number of aryl methyl sites for hydroxylation is 2. The SMILES string of the molecule is Cc1nc2cc(N3CCCC(C(=O)NCc4cc(F)ccc4F)C3)cnc2nc1C. The highest BCUT2D eigenvalue weighted by Gasteiger charge is 2.26. The summed E-state index contributed by atoms with van der Waals surface area (Å²) in [6.45, 7) is 5.12. The summed E-state index contributed by atoms with van der Waals surface area (Å²) in [5.41, 5.74) is 4.08. The molecule has 1 aliphatic heterocycles. The van der Waals surface area contributed by atoms with Crippen LogP contribution in [0, 0.1) is 31.4 Å². The van der Waals surface area contributed by atoms with Crippen LogP contribution in [0.15, 0.2) is 30.5 Å². The van der Waals surface area contributed by atoms with Crippen molar-refractivity contribution in [2.24, 2.45) is 5.92 Å². The summed E-state index contributed by atoms with van der Waals surface area (Å²) in [6, 6.07) is 5.18. The van der Waals surface area contributed by atoms with Crippen LogP contribution in [0.2, 0.25) is 0 Å². The molecule has 30 heavy (non-hydrogen) atoms. The van der Waals surface area contributed by atoms with E-state index in [4.69, 9.17) is 0 Å². The molecule has 1 atom stereocenters. The smallest absolute Gasteiger partial charge is 0.225 e. The van der Waals surface area contributed by atoms with Crippen molar-refractivity contribution in [2.45, 2.75) is 33.2 Å². The Kier molecular flexibility index (Phi) is 5.57. The third-order valence-corrected chi connectivity index (χ3v) is 5.54. The number of piperidine rings is 1. The van der Waals surface area contributed by atoms with Gasteiger partial charge >= 0.3 is 0 Å². The molecule has 1 aliphatic rings. The molecule has 1 aromatic carbocycles. The van der Waals surface area contributed by atoms with Gasteiger partial charge in [-0.1, -0.05) is 0 Å². The first kappa shape index (κ1) is 20.1. The monoisotopic (exact) mass is 411 g/mol. The predicted octanol–water partition coefficient (Wildman–Crippen LogP) is 3.45. The Bertz CT molecular complexity index is 1100. The molecule has 0 bridgehead atoms. The minimum absolute atomic E-state index is 0.0370. The van der Waals surface area contributed by atoms with Gasteiger partial charge in [0.2, 0.25) is 5.91 Å². The van der Waals surface area contributed by atoms with Gasteiger partial charge in [0.15, 0.2) is 5.65 Å². The van der Waals surface area contributed by atoms with Gasteiger partial charge in [-0.05, 0) is 51.0 Å². The van der Waals surface area contributed by atoms with Crippen LogP contribution >= 0.6 is 0 Å². The lowest BCUT2D eigenvalue weighted by molar-refractivity contribution is -0.125. The van der Waals surface area contributed by atoms with Gasteiger partial charge in [-0.15, -0.1) is 0 Å². The van der Waals surface area contributed by atoms with Crippen molar-refractivity contribution in [3.8, 4) is 0 Å². The first-order valence-electron chi connectivity index (χ1n) is 9.98. The summed E-state index contributed by atoms with van der Waals surface area (Å²) in [4.78, 5) is 28.2.